The second-order valence-electron chi connectivity index (χ2n) is 2.22. The van der Waals surface area contributed by atoms with Crippen LogP contribution in [0.2, 0.25) is 0 Å². The molecule has 0 aliphatic heterocycles. The zero-order valence-electron chi connectivity index (χ0n) is 5.84. The Kier molecular flexibility index (Phi) is 1.59. The van der Waals surface area contributed by atoms with Crippen LogP contribution in [0.25, 0.3) is 11.1 Å². The quantitative estimate of drug-likeness (QED) is 0.686. The number of oxazole rings is 1. The molecule has 4 heteroatoms. The van der Waals surface area contributed by atoms with Gasteiger partial charge in [0, 0.05) is 0 Å². The summed E-state index contributed by atoms with van der Waals surface area (Å²) >= 11 is 3.26. The molecule has 0 aliphatic carbocycles. The van der Waals surface area contributed by atoms with Crippen molar-refractivity contribution in [2.45, 2.75) is 0 Å². The van der Waals surface area contributed by atoms with Crippen LogP contribution in [-0.4, -0.2) is 4.98 Å². The first kappa shape index (κ1) is 7.32. The molecule has 0 spiro atoms. The van der Waals surface area contributed by atoms with E-state index in [0.29, 0.717) is 16.7 Å². The summed E-state index contributed by atoms with van der Waals surface area (Å²) in [5.41, 5.74) is 1.81. The molecule has 0 atom stereocenters. The monoisotopic (exact) mass is 221 g/mol. The number of benzene rings is 1. The molecular formula is C8H2BrN2O. The van der Waals surface area contributed by atoms with Gasteiger partial charge >= 0.3 is 0 Å². The number of aromatic nitrogens is 1. The summed E-state index contributed by atoms with van der Waals surface area (Å²) in [7, 11) is 0. The van der Waals surface area contributed by atoms with E-state index in [1.54, 1.807) is 12.1 Å². The van der Waals surface area contributed by atoms with Crippen molar-refractivity contribution in [1.82, 2.24) is 4.98 Å². The van der Waals surface area contributed by atoms with Crippen LogP contribution in [0.3, 0.4) is 0 Å². The van der Waals surface area contributed by atoms with Crippen LogP contribution in [-0.2, 0) is 0 Å². The van der Waals surface area contributed by atoms with Gasteiger partial charge < -0.3 is 4.42 Å². The lowest BCUT2D eigenvalue weighted by atomic mass is 10.2. The highest BCUT2D eigenvalue weighted by Gasteiger charge is 2.05. The summed E-state index contributed by atoms with van der Waals surface area (Å²) in [6, 6.07) is 5.36. The molecule has 0 saturated heterocycles. The molecule has 0 fully saturated rings. The molecule has 1 radical (unpaired) electrons. The lowest BCUT2D eigenvalue weighted by Gasteiger charge is -1.91. The molecule has 0 bridgehead atoms. The summed E-state index contributed by atoms with van der Waals surface area (Å²) in [6.45, 7) is 0. The molecule has 0 amide bonds. The minimum Gasteiger partial charge on any atom is -0.431 e. The standard InChI is InChI=1S/C8H2BrN2O/c9-6-1-5(3-10)2-7-8(6)12-4-11-7/h1-2H. The van der Waals surface area contributed by atoms with Gasteiger partial charge in [-0.1, -0.05) is 0 Å². The molecular weight excluding hydrogens is 220 g/mol. The van der Waals surface area contributed by atoms with Gasteiger partial charge in [0.05, 0.1) is 16.1 Å². The van der Waals surface area contributed by atoms with Crippen LogP contribution < -0.4 is 0 Å². The first-order valence-corrected chi connectivity index (χ1v) is 3.97. The van der Waals surface area contributed by atoms with Crippen LogP contribution in [0.1, 0.15) is 5.56 Å². The molecule has 0 unspecified atom stereocenters. The van der Waals surface area contributed by atoms with E-state index in [1.165, 1.54) is 0 Å². The molecule has 3 nitrogen and oxygen atoms in total. The fourth-order valence-corrected chi connectivity index (χ4v) is 1.48. The third-order valence-corrected chi connectivity index (χ3v) is 2.06. The number of nitrogens with zero attached hydrogens (tertiary/aromatic N) is 2. The normalized spacial score (nSPS) is 10.0. The van der Waals surface area contributed by atoms with Gasteiger partial charge in [-0.2, -0.15) is 5.26 Å². The average molecular weight is 222 g/mol. The zero-order chi connectivity index (χ0) is 8.55. The van der Waals surface area contributed by atoms with Crippen molar-refractivity contribution in [1.29, 1.82) is 5.26 Å². The van der Waals surface area contributed by atoms with E-state index in [-0.39, 0.29) is 0 Å². The molecule has 0 saturated carbocycles. The Balaban J connectivity index is 2.86. The van der Waals surface area contributed by atoms with Gasteiger partial charge in [0.15, 0.2) is 5.58 Å². The minimum absolute atomic E-state index is 0.552. The number of hydrogen-bond acceptors (Lipinski definition) is 3. The van der Waals surface area contributed by atoms with E-state index in [1.807, 2.05) is 6.07 Å². The van der Waals surface area contributed by atoms with Crippen molar-refractivity contribution in [3.05, 3.63) is 28.6 Å². The molecule has 1 heterocycles. The molecule has 2 rings (SSSR count). The van der Waals surface area contributed by atoms with Crippen LogP contribution >= 0.6 is 15.9 Å². The number of rotatable bonds is 0. The van der Waals surface area contributed by atoms with Crippen molar-refractivity contribution < 1.29 is 4.42 Å². The predicted molar refractivity (Wildman–Crippen MR) is 45.3 cm³/mol. The average Bonchev–Trinajstić information content (AvgIpc) is 2.52. The number of hydrogen-bond donors (Lipinski definition) is 0. The van der Waals surface area contributed by atoms with Gasteiger partial charge in [-0.15, -0.1) is 0 Å². The van der Waals surface area contributed by atoms with Gasteiger partial charge in [0.1, 0.15) is 5.52 Å². The maximum atomic E-state index is 8.62. The van der Waals surface area contributed by atoms with Gasteiger partial charge in [-0.25, -0.2) is 4.98 Å². The first-order chi connectivity index (χ1) is 5.81. The van der Waals surface area contributed by atoms with Crippen LogP contribution in [0.15, 0.2) is 21.0 Å². The molecule has 0 aliphatic rings. The van der Waals surface area contributed by atoms with E-state index in [9.17, 15) is 0 Å². The Bertz CT molecular complexity index is 469. The Hall–Kier alpha value is -1.34. The van der Waals surface area contributed by atoms with Crippen molar-refractivity contribution >= 4 is 27.0 Å². The Morgan fingerprint density at radius 1 is 1.58 bits per heavy atom. The molecule has 2 aromatic rings. The van der Waals surface area contributed by atoms with Crippen LogP contribution in [0.4, 0.5) is 0 Å². The first-order valence-electron chi connectivity index (χ1n) is 3.17. The second kappa shape index (κ2) is 2.61. The van der Waals surface area contributed by atoms with Gasteiger partial charge in [0.2, 0.25) is 0 Å². The van der Waals surface area contributed by atoms with Crippen LogP contribution in [0, 0.1) is 17.7 Å². The molecule has 12 heavy (non-hydrogen) atoms. The van der Waals surface area contributed by atoms with Gasteiger partial charge in [-0.3, -0.25) is 0 Å². The van der Waals surface area contributed by atoms with E-state index >= 15 is 0 Å². The predicted octanol–water partition coefficient (Wildman–Crippen LogP) is 2.26. The highest BCUT2D eigenvalue weighted by molar-refractivity contribution is 9.10. The second-order valence-corrected chi connectivity index (χ2v) is 3.08. The molecule has 1 aromatic carbocycles. The maximum absolute atomic E-state index is 8.62. The Morgan fingerprint density at radius 3 is 3.17 bits per heavy atom. The lowest BCUT2D eigenvalue weighted by molar-refractivity contribution is 0.589. The summed E-state index contributed by atoms with van der Waals surface area (Å²) in [4.78, 5) is 3.82. The lowest BCUT2D eigenvalue weighted by Crippen LogP contribution is -1.75. The highest BCUT2D eigenvalue weighted by atomic mass is 79.9. The summed E-state index contributed by atoms with van der Waals surface area (Å²) < 4.78 is 5.68. The van der Waals surface area contributed by atoms with Crippen molar-refractivity contribution in [2.75, 3.05) is 0 Å². The van der Waals surface area contributed by atoms with E-state index in [2.05, 4.69) is 27.3 Å². The summed E-state index contributed by atoms with van der Waals surface area (Å²) in [6.07, 6.45) is 2.37. The third-order valence-electron chi connectivity index (χ3n) is 1.47. The fraction of sp³-hybridized carbons (Fsp3) is 0. The molecule has 57 valence electrons. The SMILES string of the molecule is N#Cc1cc(Br)c2o[c]nc2c1. The molecule has 1 aromatic heterocycles. The van der Waals surface area contributed by atoms with E-state index in [0.717, 1.165) is 4.47 Å². The Morgan fingerprint density at radius 2 is 2.42 bits per heavy atom. The van der Waals surface area contributed by atoms with Crippen molar-refractivity contribution in [3.63, 3.8) is 0 Å². The maximum Gasteiger partial charge on any atom is 0.284 e. The number of fused-ring (bicyclic) bond motifs is 1. The largest absolute Gasteiger partial charge is 0.431 e. The van der Waals surface area contributed by atoms with E-state index in [4.69, 9.17) is 9.68 Å². The topological polar surface area (TPSA) is 49.8 Å². The van der Waals surface area contributed by atoms with Crippen LogP contribution in [0.5, 0.6) is 0 Å². The van der Waals surface area contributed by atoms with E-state index < -0.39 is 0 Å². The number of halogens is 1. The van der Waals surface area contributed by atoms with Crippen molar-refractivity contribution in [2.24, 2.45) is 0 Å². The third kappa shape index (κ3) is 0.990. The van der Waals surface area contributed by atoms with Gasteiger partial charge in [-0.05, 0) is 28.1 Å². The smallest absolute Gasteiger partial charge is 0.284 e. The summed E-state index contributed by atoms with van der Waals surface area (Å²) in [5.74, 6) is 0. The zero-order valence-corrected chi connectivity index (χ0v) is 7.42. The fourth-order valence-electron chi connectivity index (χ4n) is 0.945. The summed E-state index contributed by atoms with van der Waals surface area (Å²) in [5, 5.41) is 8.62. The minimum atomic E-state index is 0.552. The van der Waals surface area contributed by atoms with Gasteiger partial charge in [0.25, 0.3) is 6.39 Å². The molecule has 0 N–H and O–H groups in total. The Labute approximate surface area is 76.8 Å². The number of nitriles is 1. The van der Waals surface area contributed by atoms with Crippen molar-refractivity contribution in [3.8, 4) is 6.07 Å². The highest BCUT2D eigenvalue weighted by Crippen LogP contribution is 2.24.